The van der Waals surface area contributed by atoms with Crippen LogP contribution < -0.4 is 5.84 Å². The monoisotopic (exact) mass is 103 g/mol. The highest BCUT2D eigenvalue weighted by molar-refractivity contribution is 7.97. The Bertz CT molecular complexity index is 71.2. The van der Waals surface area contributed by atoms with Crippen LogP contribution in [0.25, 0.3) is 0 Å². The average molecular weight is 103 g/mol. The third kappa shape index (κ3) is 0.636. The van der Waals surface area contributed by atoms with Crippen LogP contribution in [0.4, 0.5) is 0 Å². The minimum absolute atomic E-state index is 0.913. The first-order valence-corrected chi connectivity index (χ1v) is 2.54. The van der Waals surface area contributed by atoms with Gasteiger partial charge in [-0.3, -0.25) is 0 Å². The molecular weight excluding hydrogens is 98.1 g/mol. The summed E-state index contributed by atoms with van der Waals surface area (Å²) in [6.45, 7) is 0. The van der Waals surface area contributed by atoms with E-state index >= 15 is 0 Å². The minimum Gasteiger partial charge on any atom is -0.220 e. The first-order chi connectivity index (χ1) is 2.89. The van der Waals surface area contributed by atoms with E-state index in [1.807, 2.05) is 0 Å². The number of nitrogens with zero attached hydrogens (tertiary/aromatic N) is 2. The van der Waals surface area contributed by atoms with Crippen LogP contribution in [0.15, 0.2) is 5.10 Å². The van der Waals surface area contributed by atoms with Crippen molar-refractivity contribution in [2.75, 3.05) is 5.75 Å². The molecule has 0 atom stereocenters. The molecule has 4 heteroatoms. The molecule has 1 heterocycles. The Morgan fingerprint density at radius 3 is 3.00 bits per heavy atom. The molecule has 2 N–H and O–H groups in total. The van der Waals surface area contributed by atoms with E-state index < -0.39 is 0 Å². The topological polar surface area (TPSA) is 41.6 Å². The first kappa shape index (κ1) is 3.95. The van der Waals surface area contributed by atoms with Gasteiger partial charge in [-0.25, -0.2) is 5.84 Å². The van der Waals surface area contributed by atoms with Gasteiger partial charge in [-0.1, -0.05) is 0 Å². The molecular formula is C2H5N3S. The Labute approximate surface area is 40.3 Å². The van der Waals surface area contributed by atoms with Gasteiger partial charge in [0.1, 0.15) is 0 Å². The van der Waals surface area contributed by atoms with E-state index in [2.05, 4.69) is 5.10 Å². The highest BCUT2D eigenvalue weighted by Gasteiger charge is 1.96. The summed E-state index contributed by atoms with van der Waals surface area (Å²) < 4.78 is 1.35. The lowest BCUT2D eigenvalue weighted by Crippen LogP contribution is -2.12. The van der Waals surface area contributed by atoms with Crippen LogP contribution in [0.1, 0.15) is 0 Å². The van der Waals surface area contributed by atoms with E-state index in [1.54, 1.807) is 6.21 Å². The van der Waals surface area contributed by atoms with Crippen molar-refractivity contribution in [3.8, 4) is 0 Å². The van der Waals surface area contributed by atoms with Gasteiger partial charge < -0.3 is 0 Å². The normalized spacial score (nSPS) is 19.8. The van der Waals surface area contributed by atoms with E-state index in [0.717, 1.165) is 5.75 Å². The summed E-state index contributed by atoms with van der Waals surface area (Å²) in [6.07, 6.45) is 1.77. The zero-order valence-electron chi connectivity index (χ0n) is 3.16. The van der Waals surface area contributed by atoms with Gasteiger partial charge in [0.2, 0.25) is 0 Å². The van der Waals surface area contributed by atoms with Gasteiger partial charge in [-0.2, -0.15) is 9.62 Å². The molecule has 0 saturated heterocycles. The molecule has 0 bridgehead atoms. The molecule has 0 aromatic carbocycles. The van der Waals surface area contributed by atoms with Crippen molar-refractivity contribution in [2.45, 2.75) is 0 Å². The maximum atomic E-state index is 5.13. The summed E-state index contributed by atoms with van der Waals surface area (Å²) >= 11 is 1.49. The highest BCUT2D eigenvalue weighted by atomic mass is 32.2. The van der Waals surface area contributed by atoms with Gasteiger partial charge in [0.25, 0.3) is 0 Å². The van der Waals surface area contributed by atoms with E-state index in [-0.39, 0.29) is 0 Å². The van der Waals surface area contributed by atoms with Crippen LogP contribution in [-0.2, 0) is 0 Å². The predicted molar refractivity (Wildman–Crippen MR) is 27.0 cm³/mol. The fourth-order valence-electron chi connectivity index (χ4n) is 0.257. The summed E-state index contributed by atoms with van der Waals surface area (Å²) in [5, 5.41) is 3.69. The van der Waals surface area contributed by atoms with E-state index in [4.69, 9.17) is 5.84 Å². The Kier molecular flexibility index (Phi) is 0.979. The Hall–Kier alpha value is -0.220. The first-order valence-electron chi connectivity index (χ1n) is 1.60. The molecule has 0 aromatic rings. The van der Waals surface area contributed by atoms with Crippen LogP contribution in [0.2, 0.25) is 0 Å². The van der Waals surface area contributed by atoms with Crippen molar-refractivity contribution in [3.05, 3.63) is 0 Å². The van der Waals surface area contributed by atoms with Crippen molar-refractivity contribution in [1.29, 1.82) is 0 Å². The third-order valence-corrected chi connectivity index (χ3v) is 1.13. The fraction of sp³-hybridized carbons (Fsp3) is 0.500. The quantitative estimate of drug-likeness (QED) is 0.341. The van der Waals surface area contributed by atoms with Crippen molar-refractivity contribution in [1.82, 2.24) is 4.52 Å². The molecule has 34 valence electrons. The Balaban J connectivity index is 2.38. The highest BCUT2D eigenvalue weighted by Crippen LogP contribution is 2.06. The predicted octanol–water partition coefficient (Wildman–Crippen LogP) is -0.190. The molecule has 0 unspecified atom stereocenters. The van der Waals surface area contributed by atoms with Gasteiger partial charge in [-0.05, 0) is 11.9 Å². The number of hydrogen-bond acceptors (Lipinski definition) is 4. The Morgan fingerprint density at radius 2 is 2.83 bits per heavy atom. The maximum Gasteiger partial charge on any atom is 0.0539 e. The standard InChI is InChI=1S/C2H5N3S/c3-5-4-1-2-6-5/h1H,2-3H2. The SMILES string of the molecule is NN1N=CCS1. The molecule has 0 amide bonds. The second kappa shape index (κ2) is 1.49. The zero-order chi connectivity index (χ0) is 4.41. The largest absolute Gasteiger partial charge is 0.220 e. The second-order valence-corrected chi connectivity index (χ2v) is 1.86. The lowest BCUT2D eigenvalue weighted by atomic mass is 10.9. The molecule has 6 heavy (non-hydrogen) atoms. The lowest BCUT2D eigenvalue weighted by Gasteiger charge is -1.97. The number of rotatable bonds is 0. The summed E-state index contributed by atoms with van der Waals surface area (Å²) in [5.74, 6) is 6.05. The number of nitrogens with two attached hydrogens (primary N) is 1. The van der Waals surface area contributed by atoms with E-state index in [1.165, 1.54) is 16.5 Å². The average Bonchev–Trinajstić information content (AvgIpc) is 1.86. The van der Waals surface area contributed by atoms with Crippen molar-refractivity contribution < 1.29 is 0 Å². The van der Waals surface area contributed by atoms with Crippen molar-refractivity contribution >= 4 is 18.2 Å². The van der Waals surface area contributed by atoms with Crippen LogP contribution in [0.5, 0.6) is 0 Å². The van der Waals surface area contributed by atoms with Gasteiger partial charge in [0.05, 0.1) is 5.75 Å². The third-order valence-electron chi connectivity index (χ3n) is 0.477. The van der Waals surface area contributed by atoms with Crippen molar-refractivity contribution in [3.63, 3.8) is 0 Å². The number of hydrogen-bond donors (Lipinski definition) is 1. The fourth-order valence-corrected chi connectivity index (χ4v) is 0.676. The van der Waals surface area contributed by atoms with E-state index in [9.17, 15) is 0 Å². The minimum atomic E-state index is 0.913. The van der Waals surface area contributed by atoms with Crippen LogP contribution >= 0.6 is 11.9 Å². The summed E-state index contributed by atoms with van der Waals surface area (Å²) in [5.41, 5.74) is 0. The number of hydrazine groups is 1. The molecule has 0 radical (unpaired) electrons. The molecule has 1 aliphatic rings. The molecule has 1 rings (SSSR count). The van der Waals surface area contributed by atoms with Crippen LogP contribution in [0, 0.1) is 0 Å². The van der Waals surface area contributed by atoms with E-state index in [0.29, 0.717) is 0 Å². The molecule has 0 aliphatic carbocycles. The molecule has 1 aliphatic heterocycles. The Morgan fingerprint density at radius 1 is 2.00 bits per heavy atom. The smallest absolute Gasteiger partial charge is 0.0539 e. The summed E-state index contributed by atoms with van der Waals surface area (Å²) in [4.78, 5) is 0. The van der Waals surface area contributed by atoms with Crippen molar-refractivity contribution in [2.24, 2.45) is 10.9 Å². The molecule has 3 nitrogen and oxygen atoms in total. The van der Waals surface area contributed by atoms with Gasteiger partial charge in [-0.15, -0.1) is 0 Å². The van der Waals surface area contributed by atoms with Gasteiger partial charge >= 0.3 is 0 Å². The molecule has 0 aromatic heterocycles. The number of hydrazone groups is 1. The summed E-state index contributed by atoms with van der Waals surface area (Å²) in [7, 11) is 0. The van der Waals surface area contributed by atoms with Crippen LogP contribution in [0.3, 0.4) is 0 Å². The second-order valence-electron chi connectivity index (χ2n) is 0.896. The molecule has 0 spiro atoms. The molecule has 0 saturated carbocycles. The van der Waals surface area contributed by atoms with Gasteiger partial charge in [0, 0.05) is 6.21 Å². The molecule has 0 fully saturated rings. The van der Waals surface area contributed by atoms with Crippen LogP contribution in [-0.4, -0.2) is 16.5 Å². The van der Waals surface area contributed by atoms with Gasteiger partial charge in [0.15, 0.2) is 0 Å². The maximum absolute atomic E-state index is 5.13. The summed E-state index contributed by atoms with van der Waals surface area (Å²) in [6, 6.07) is 0. The zero-order valence-corrected chi connectivity index (χ0v) is 3.98. The lowest BCUT2D eigenvalue weighted by molar-refractivity contribution is 0.548.